The number of aromatic nitrogens is 2. The first-order valence-corrected chi connectivity index (χ1v) is 10.1. The lowest BCUT2D eigenvalue weighted by molar-refractivity contribution is -0.132. The normalized spacial score (nSPS) is 21.2. The van der Waals surface area contributed by atoms with Crippen LogP contribution in [0.1, 0.15) is 34.7 Å². The first kappa shape index (κ1) is 17.1. The molecule has 1 atom stereocenters. The summed E-state index contributed by atoms with van der Waals surface area (Å²) >= 11 is 1.63. The summed E-state index contributed by atoms with van der Waals surface area (Å²) in [6.07, 6.45) is 2.42. The third-order valence-electron chi connectivity index (χ3n) is 5.41. The highest BCUT2D eigenvalue weighted by molar-refractivity contribution is 7.10. The Balaban J connectivity index is 1.41. The van der Waals surface area contributed by atoms with E-state index in [2.05, 4.69) is 15.5 Å². The minimum atomic E-state index is -0.954. The second-order valence-electron chi connectivity index (χ2n) is 7.22. The van der Waals surface area contributed by atoms with Crippen LogP contribution >= 0.6 is 11.3 Å². The third-order valence-corrected chi connectivity index (χ3v) is 6.39. The first-order valence-electron chi connectivity index (χ1n) is 9.17. The molecule has 5 rings (SSSR count). The number of rotatable bonds is 3. The van der Waals surface area contributed by atoms with Gasteiger partial charge in [0.2, 0.25) is 11.7 Å². The molecule has 1 aromatic carbocycles. The zero-order chi connectivity index (χ0) is 19.3. The maximum Gasteiger partial charge on any atom is 0.325 e. The van der Waals surface area contributed by atoms with Crippen molar-refractivity contribution < 1.29 is 14.1 Å². The molecule has 8 heteroatoms. The number of amides is 3. The van der Waals surface area contributed by atoms with Gasteiger partial charge in [0, 0.05) is 16.0 Å². The highest BCUT2D eigenvalue weighted by Gasteiger charge is 2.54. The van der Waals surface area contributed by atoms with Crippen molar-refractivity contribution in [2.75, 3.05) is 0 Å². The van der Waals surface area contributed by atoms with Crippen LogP contribution in [0.2, 0.25) is 0 Å². The van der Waals surface area contributed by atoms with E-state index >= 15 is 0 Å². The molecule has 28 heavy (non-hydrogen) atoms. The number of carbonyl (C=O) groups excluding carboxylic acids is 2. The van der Waals surface area contributed by atoms with Gasteiger partial charge in [-0.2, -0.15) is 4.98 Å². The summed E-state index contributed by atoms with van der Waals surface area (Å²) < 4.78 is 5.31. The number of benzene rings is 1. The number of nitrogens with one attached hydrogen (secondary N) is 1. The van der Waals surface area contributed by atoms with Gasteiger partial charge in [-0.1, -0.05) is 35.0 Å². The number of fused-ring (bicyclic) bond motifs is 2. The van der Waals surface area contributed by atoms with Gasteiger partial charge in [-0.3, -0.25) is 9.69 Å². The van der Waals surface area contributed by atoms with Gasteiger partial charge in [-0.25, -0.2) is 4.79 Å². The van der Waals surface area contributed by atoms with Gasteiger partial charge in [0.15, 0.2) is 0 Å². The fraction of sp³-hybridized carbons (Fsp3) is 0.300. The molecular formula is C20H18N4O3S. The number of urea groups is 1. The van der Waals surface area contributed by atoms with E-state index in [1.807, 2.05) is 42.6 Å². The van der Waals surface area contributed by atoms with E-state index in [4.69, 9.17) is 4.52 Å². The lowest BCUT2D eigenvalue weighted by Crippen LogP contribution is -2.46. The van der Waals surface area contributed by atoms with E-state index in [0.29, 0.717) is 12.2 Å². The number of thiophene rings is 1. The van der Waals surface area contributed by atoms with E-state index in [9.17, 15) is 9.59 Å². The molecule has 1 N–H and O–H groups in total. The van der Waals surface area contributed by atoms with Gasteiger partial charge in [-0.05, 0) is 37.6 Å². The molecule has 0 radical (unpaired) electrons. The standard InChI is InChI=1S/C20H18N4O3S/c1-12-4-6-13(7-5-12)17-21-16(27-23-17)11-24-18(25)20(22-19(24)26)9-2-3-15-14(20)8-10-28-15/h4-8,10H,2-3,9,11H2,1H3,(H,22,26)/t20-/m1/s1. The molecule has 142 valence electrons. The molecule has 3 amide bonds. The molecule has 1 spiro atoms. The number of hydrogen-bond acceptors (Lipinski definition) is 6. The Morgan fingerprint density at radius 2 is 2.07 bits per heavy atom. The van der Waals surface area contributed by atoms with E-state index in [0.717, 1.165) is 29.5 Å². The van der Waals surface area contributed by atoms with Gasteiger partial charge in [0.25, 0.3) is 5.91 Å². The molecule has 1 fully saturated rings. The van der Waals surface area contributed by atoms with Crippen molar-refractivity contribution in [2.24, 2.45) is 0 Å². The van der Waals surface area contributed by atoms with Crippen LogP contribution in [0.15, 0.2) is 40.2 Å². The minimum absolute atomic E-state index is 0.0370. The monoisotopic (exact) mass is 394 g/mol. The smallest absolute Gasteiger partial charge is 0.325 e. The molecular weight excluding hydrogens is 376 g/mol. The summed E-state index contributed by atoms with van der Waals surface area (Å²) in [5.74, 6) is 0.430. The van der Waals surface area contributed by atoms with Crippen LogP contribution in [0.4, 0.5) is 4.79 Å². The molecule has 0 bridgehead atoms. The number of aryl methyl sites for hydroxylation is 2. The quantitative estimate of drug-likeness (QED) is 0.688. The highest BCUT2D eigenvalue weighted by Crippen LogP contribution is 2.42. The lowest BCUT2D eigenvalue weighted by atomic mass is 9.80. The SMILES string of the molecule is Cc1ccc(-c2noc(CN3C(=O)N[C@@]4(CCCc5sccc54)C3=O)n2)cc1. The summed E-state index contributed by atoms with van der Waals surface area (Å²) in [6, 6.07) is 9.28. The summed E-state index contributed by atoms with van der Waals surface area (Å²) in [5, 5.41) is 8.89. The van der Waals surface area contributed by atoms with Crippen LogP contribution in [-0.2, 0) is 23.3 Å². The molecule has 1 aliphatic carbocycles. The number of nitrogens with zero attached hydrogens (tertiary/aromatic N) is 3. The number of hydrogen-bond donors (Lipinski definition) is 1. The number of imide groups is 1. The van der Waals surface area contributed by atoms with E-state index in [1.54, 1.807) is 11.3 Å². The van der Waals surface area contributed by atoms with Crippen molar-refractivity contribution in [2.45, 2.75) is 38.3 Å². The largest absolute Gasteiger partial charge is 0.337 e. The summed E-state index contributed by atoms with van der Waals surface area (Å²) in [4.78, 5) is 32.6. The zero-order valence-corrected chi connectivity index (χ0v) is 16.1. The zero-order valence-electron chi connectivity index (χ0n) is 15.3. The van der Waals surface area contributed by atoms with Crippen molar-refractivity contribution in [1.29, 1.82) is 0 Å². The maximum absolute atomic E-state index is 13.2. The third kappa shape index (κ3) is 2.56. The molecule has 0 saturated carbocycles. The average Bonchev–Trinajstić information content (AvgIpc) is 3.40. The van der Waals surface area contributed by atoms with Crippen molar-refractivity contribution in [1.82, 2.24) is 20.4 Å². The van der Waals surface area contributed by atoms with E-state index in [1.165, 1.54) is 9.78 Å². The Labute approximate surface area is 165 Å². The second kappa shape index (κ2) is 6.27. The molecule has 7 nitrogen and oxygen atoms in total. The van der Waals surface area contributed by atoms with Crippen LogP contribution in [0.25, 0.3) is 11.4 Å². The Kier molecular flexibility index (Phi) is 3.83. The predicted octanol–water partition coefficient (Wildman–Crippen LogP) is 3.39. The Hall–Kier alpha value is -3.00. The van der Waals surface area contributed by atoms with Gasteiger partial charge in [-0.15, -0.1) is 11.3 Å². The predicted molar refractivity (Wildman–Crippen MR) is 102 cm³/mol. The summed E-state index contributed by atoms with van der Waals surface area (Å²) in [5.41, 5.74) is 1.93. The molecule has 2 aliphatic rings. The summed E-state index contributed by atoms with van der Waals surface area (Å²) in [6.45, 7) is 1.97. The second-order valence-corrected chi connectivity index (χ2v) is 8.22. The van der Waals surface area contributed by atoms with Gasteiger partial charge < -0.3 is 9.84 Å². The average molecular weight is 394 g/mol. The molecule has 1 aliphatic heterocycles. The van der Waals surface area contributed by atoms with Crippen LogP contribution in [-0.4, -0.2) is 27.0 Å². The van der Waals surface area contributed by atoms with E-state index in [-0.39, 0.29) is 18.3 Å². The van der Waals surface area contributed by atoms with Gasteiger partial charge in [0.05, 0.1) is 0 Å². The van der Waals surface area contributed by atoms with Crippen LogP contribution in [0, 0.1) is 6.92 Å². The Bertz CT molecular complexity index is 1070. The fourth-order valence-electron chi connectivity index (χ4n) is 3.96. The molecule has 3 heterocycles. The molecule has 2 aromatic heterocycles. The fourth-order valence-corrected chi connectivity index (χ4v) is 4.96. The Morgan fingerprint density at radius 1 is 1.25 bits per heavy atom. The minimum Gasteiger partial charge on any atom is -0.337 e. The van der Waals surface area contributed by atoms with Crippen molar-refractivity contribution in [3.05, 3.63) is 57.6 Å². The summed E-state index contributed by atoms with van der Waals surface area (Å²) in [7, 11) is 0. The maximum atomic E-state index is 13.2. The van der Waals surface area contributed by atoms with Crippen molar-refractivity contribution in [3.8, 4) is 11.4 Å². The number of carbonyl (C=O) groups is 2. The van der Waals surface area contributed by atoms with Crippen LogP contribution in [0.3, 0.4) is 0 Å². The van der Waals surface area contributed by atoms with Crippen LogP contribution in [0.5, 0.6) is 0 Å². The van der Waals surface area contributed by atoms with Crippen molar-refractivity contribution in [3.63, 3.8) is 0 Å². The lowest BCUT2D eigenvalue weighted by Gasteiger charge is -2.31. The molecule has 1 saturated heterocycles. The van der Waals surface area contributed by atoms with Gasteiger partial charge in [0.1, 0.15) is 12.1 Å². The van der Waals surface area contributed by atoms with Crippen molar-refractivity contribution >= 4 is 23.3 Å². The molecule has 0 unspecified atom stereocenters. The van der Waals surface area contributed by atoms with Gasteiger partial charge >= 0.3 is 6.03 Å². The molecule has 3 aromatic rings. The topological polar surface area (TPSA) is 88.3 Å². The Morgan fingerprint density at radius 3 is 2.89 bits per heavy atom. The first-order chi connectivity index (χ1) is 13.6. The highest BCUT2D eigenvalue weighted by atomic mass is 32.1. The van der Waals surface area contributed by atoms with E-state index < -0.39 is 11.6 Å². The van der Waals surface area contributed by atoms with Crippen LogP contribution < -0.4 is 5.32 Å².